The van der Waals surface area contributed by atoms with Gasteiger partial charge < -0.3 is 14.6 Å². The number of hydrogen-bond donors (Lipinski definition) is 1. The van der Waals surface area contributed by atoms with E-state index < -0.39 is 11.4 Å². The molecule has 1 saturated carbocycles. The van der Waals surface area contributed by atoms with Gasteiger partial charge in [-0.05, 0) is 43.2 Å². The largest absolute Gasteiger partial charge is 0.480 e. The minimum absolute atomic E-state index is 0.0342. The van der Waals surface area contributed by atoms with Gasteiger partial charge in [0.2, 0.25) is 0 Å². The summed E-state index contributed by atoms with van der Waals surface area (Å²) in [5.41, 5.74) is 0.595. The number of carbonyl (C=O) groups excluding carboxylic acids is 2. The van der Waals surface area contributed by atoms with Crippen LogP contribution < -0.4 is 4.74 Å². The first-order valence-corrected chi connectivity index (χ1v) is 8.97. The van der Waals surface area contributed by atoms with Crippen molar-refractivity contribution in [2.75, 3.05) is 13.7 Å². The summed E-state index contributed by atoms with van der Waals surface area (Å²) in [4.78, 5) is 24.3. The molecule has 136 valence electrons. The summed E-state index contributed by atoms with van der Waals surface area (Å²) in [5, 5.41) is 10.1. The van der Waals surface area contributed by atoms with Gasteiger partial charge >= 0.3 is 5.97 Å². The number of Topliss-reactive ketones (excluding diaryl/α,β-unsaturated/α-hetero) is 1. The molecule has 0 heterocycles. The van der Waals surface area contributed by atoms with Gasteiger partial charge in [0, 0.05) is 11.0 Å². The number of hydrogen-bond acceptors (Lipinski definition) is 5. The lowest BCUT2D eigenvalue weighted by Gasteiger charge is -2.29. The van der Waals surface area contributed by atoms with Crippen molar-refractivity contribution >= 4 is 35.0 Å². The summed E-state index contributed by atoms with van der Waals surface area (Å²) in [6, 6.07) is 1.68. The molecule has 7 heteroatoms. The van der Waals surface area contributed by atoms with Crippen molar-refractivity contribution in [3.63, 3.8) is 0 Å². The Balaban J connectivity index is 1.92. The molecule has 0 aromatic heterocycles. The third-order valence-corrected chi connectivity index (χ3v) is 6.29. The average Bonchev–Trinajstić information content (AvgIpc) is 3.12. The first kappa shape index (κ1) is 18.5. The highest BCUT2D eigenvalue weighted by Crippen LogP contribution is 2.52. The molecule has 0 unspecified atom stereocenters. The zero-order chi connectivity index (χ0) is 18.4. The van der Waals surface area contributed by atoms with Crippen LogP contribution in [0.1, 0.15) is 42.1 Å². The number of fused-ring (bicyclic) bond motifs is 1. The molecule has 2 aliphatic carbocycles. The maximum Gasteiger partial charge on any atom is 0.343 e. The van der Waals surface area contributed by atoms with Gasteiger partial charge in [0.25, 0.3) is 0 Å². The molecule has 0 spiro atoms. The number of aliphatic hydroxyl groups excluding tert-OH is 1. The van der Waals surface area contributed by atoms with E-state index in [1.54, 1.807) is 6.07 Å². The van der Waals surface area contributed by atoms with E-state index in [2.05, 4.69) is 4.74 Å². The van der Waals surface area contributed by atoms with Crippen molar-refractivity contribution in [1.29, 1.82) is 0 Å². The Hall–Kier alpha value is -1.30. The van der Waals surface area contributed by atoms with E-state index in [1.807, 2.05) is 6.92 Å². The third kappa shape index (κ3) is 3.14. The van der Waals surface area contributed by atoms with Crippen LogP contribution in [0.4, 0.5) is 0 Å². The molecule has 0 aliphatic heterocycles. The average molecular weight is 387 g/mol. The molecule has 1 aromatic rings. The van der Waals surface area contributed by atoms with Crippen LogP contribution in [0.15, 0.2) is 6.07 Å². The van der Waals surface area contributed by atoms with Gasteiger partial charge in [-0.2, -0.15) is 0 Å². The number of halogens is 2. The van der Waals surface area contributed by atoms with Crippen LogP contribution in [-0.4, -0.2) is 36.7 Å². The molecule has 2 aliphatic rings. The van der Waals surface area contributed by atoms with Crippen LogP contribution in [0, 0.1) is 11.3 Å². The van der Waals surface area contributed by atoms with E-state index in [9.17, 15) is 14.7 Å². The standard InChI is InChI=1S/C18H20Cl2O5/c1-18(10-3-4-11(21)6-10)7-9-5-12(25-8-13(22)24-2)15(19)16(20)14(9)17(18)23/h5,10-11,21H,3-4,6-8H2,1-2H3/t10-,11+,18-/m1/s1. The summed E-state index contributed by atoms with van der Waals surface area (Å²) < 4.78 is 9.94. The molecule has 0 amide bonds. The van der Waals surface area contributed by atoms with E-state index in [4.69, 9.17) is 27.9 Å². The van der Waals surface area contributed by atoms with Crippen molar-refractivity contribution in [2.24, 2.45) is 11.3 Å². The Labute approximate surface area is 156 Å². The fourth-order valence-electron chi connectivity index (χ4n) is 3.97. The topological polar surface area (TPSA) is 72.8 Å². The fourth-order valence-corrected chi connectivity index (χ4v) is 4.47. The lowest BCUT2D eigenvalue weighted by Crippen LogP contribution is -2.32. The van der Waals surface area contributed by atoms with E-state index in [0.717, 1.165) is 12.0 Å². The second-order valence-electron chi connectivity index (χ2n) is 6.99. The van der Waals surface area contributed by atoms with Crippen molar-refractivity contribution in [3.05, 3.63) is 27.2 Å². The first-order chi connectivity index (χ1) is 11.8. The number of aliphatic hydroxyl groups is 1. The van der Waals surface area contributed by atoms with E-state index in [1.165, 1.54) is 7.11 Å². The van der Waals surface area contributed by atoms with Gasteiger partial charge in [0.05, 0.1) is 18.2 Å². The third-order valence-electron chi connectivity index (χ3n) is 5.44. The van der Waals surface area contributed by atoms with Crippen molar-refractivity contribution in [1.82, 2.24) is 0 Å². The Morgan fingerprint density at radius 2 is 2.08 bits per heavy atom. The van der Waals surface area contributed by atoms with Crippen LogP contribution in [0.3, 0.4) is 0 Å². The van der Waals surface area contributed by atoms with Crippen molar-refractivity contribution in [2.45, 2.75) is 38.7 Å². The monoisotopic (exact) mass is 386 g/mol. The van der Waals surface area contributed by atoms with Crippen molar-refractivity contribution < 1.29 is 24.2 Å². The molecular formula is C18H20Cl2O5. The minimum Gasteiger partial charge on any atom is -0.480 e. The molecule has 1 aromatic carbocycles. The molecule has 0 bridgehead atoms. The quantitative estimate of drug-likeness (QED) is 0.802. The molecular weight excluding hydrogens is 367 g/mol. The van der Waals surface area contributed by atoms with Gasteiger partial charge in [-0.25, -0.2) is 4.79 Å². The lowest BCUT2D eigenvalue weighted by atomic mass is 9.73. The second kappa shape index (κ2) is 6.78. The normalized spacial score (nSPS) is 28.1. The number of rotatable bonds is 4. The summed E-state index contributed by atoms with van der Waals surface area (Å²) in [6.07, 6.45) is 2.31. The van der Waals surface area contributed by atoms with Crippen LogP contribution >= 0.6 is 23.2 Å². The van der Waals surface area contributed by atoms with Gasteiger partial charge in [-0.1, -0.05) is 30.1 Å². The molecule has 0 radical (unpaired) electrons. The molecule has 1 fully saturated rings. The second-order valence-corrected chi connectivity index (χ2v) is 7.74. The number of carbonyl (C=O) groups is 2. The summed E-state index contributed by atoms with van der Waals surface area (Å²) >= 11 is 12.6. The van der Waals surface area contributed by atoms with E-state index >= 15 is 0 Å². The van der Waals surface area contributed by atoms with Crippen molar-refractivity contribution in [3.8, 4) is 5.75 Å². The SMILES string of the molecule is COC(=O)COc1cc2c(c(Cl)c1Cl)C(=O)[C@@](C)([C@@H]1CC[C@H](O)C1)C2. The van der Waals surface area contributed by atoms with Crippen LogP contribution in [0.2, 0.25) is 10.0 Å². The number of benzene rings is 1. The molecule has 5 nitrogen and oxygen atoms in total. The predicted molar refractivity (Wildman–Crippen MR) is 93.5 cm³/mol. The fraction of sp³-hybridized carbons (Fsp3) is 0.556. The minimum atomic E-state index is -0.603. The highest BCUT2D eigenvalue weighted by molar-refractivity contribution is 6.45. The first-order valence-electron chi connectivity index (χ1n) is 8.21. The van der Waals surface area contributed by atoms with Gasteiger partial charge in [0.15, 0.2) is 12.4 Å². The maximum absolute atomic E-state index is 13.1. The molecule has 3 rings (SSSR count). The summed E-state index contributed by atoms with van der Waals surface area (Å²) in [5.74, 6) is -0.197. The van der Waals surface area contributed by atoms with Crippen LogP contribution in [-0.2, 0) is 16.0 Å². The van der Waals surface area contributed by atoms with Gasteiger partial charge in [-0.3, -0.25) is 4.79 Å². The number of ether oxygens (including phenoxy) is 2. The number of esters is 1. The Morgan fingerprint density at radius 1 is 1.36 bits per heavy atom. The highest BCUT2D eigenvalue weighted by Gasteiger charge is 2.50. The Bertz CT molecular complexity index is 733. The van der Waals surface area contributed by atoms with Gasteiger partial charge in [0.1, 0.15) is 10.8 Å². The summed E-state index contributed by atoms with van der Waals surface area (Å²) in [6.45, 7) is 1.64. The molecule has 3 atom stereocenters. The lowest BCUT2D eigenvalue weighted by molar-refractivity contribution is -0.142. The number of methoxy groups -OCH3 is 1. The van der Waals surface area contributed by atoms with E-state index in [-0.39, 0.29) is 40.2 Å². The zero-order valence-electron chi connectivity index (χ0n) is 14.1. The smallest absolute Gasteiger partial charge is 0.343 e. The van der Waals surface area contributed by atoms with E-state index in [0.29, 0.717) is 24.8 Å². The highest BCUT2D eigenvalue weighted by atomic mass is 35.5. The zero-order valence-corrected chi connectivity index (χ0v) is 15.6. The molecule has 0 saturated heterocycles. The summed E-state index contributed by atoms with van der Waals surface area (Å²) in [7, 11) is 1.27. The number of ketones is 1. The molecule has 25 heavy (non-hydrogen) atoms. The predicted octanol–water partition coefficient (Wildman–Crippen LogP) is 3.45. The Morgan fingerprint density at radius 3 is 2.68 bits per heavy atom. The molecule has 1 N–H and O–H groups in total. The maximum atomic E-state index is 13.1. The van der Waals surface area contributed by atoms with Crippen LogP contribution in [0.5, 0.6) is 5.75 Å². The van der Waals surface area contributed by atoms with Gasteiger partial charge in [-0.15, -0.1) is 0 Å². The van der Waals surface area contributed by atoms with Crippen LogP contribution in [0.25, 0.3) is 0 Å². The Kier molecular flexibility index (Phi) is 5.02.